The number of nitrogens with zero attached hydrogens (tertiary/aromatic N) is 3. The quantitative estimate of drug-likeness (QED) is 0.590. The molecule has 0 spiro atoms. The number of nitrogens with one attached hydrogen (secondary N) is 1. The van der Waals surface area contributed by atoms with Crippen LogP contribution < -0.4 is 5.32 Å². The normalized spacial score (nSPS) is 20.8. The van der Waals surface area contributed by atoms with Crippen molar-refractivity contribution in [2.45, 2.75) is 17.3 Å². The Kier molecular flexibility index (Phi) is 5.07. The molecule has 0 aromatic carbocycles. The minimum absolute atomic E-state index is 0.130. The van der Waals surface area contributed by atoms with Crippen LogP contribution in [0.1, 0.15) is 6.92 Å². The third kappa shape index (κ3) is 3.34. The van der Waals surface area contributed by atoms with Crippen LogP contribution in [0.5, 0.6) is 0 Å². The van der Waals surface area contributed by atoms with Crippen molar-refractivity contribution in [2.24, 2.45) is 0 Å². The lowest BCUT2D eigenvalue weighted by atomic mass is 10.3. The summed E-state index contributed by atoms with van der Waals surface area (Å²) in [7, 11) is -3.72. The maximum absolute atomic E-state index is 12.5. The van der Waals surface area contributed by atoms with Crippen LogP contribution in [0.25, 0.3) is 0 Å². The van der Waals surface area contributed by atoms with Crippen LogP contribution in [0, 0.1) is 0 Å². The van der Waals surface area contributed by atoms with Gasteiger partial charge in [0.25, 0.3) is 10.0 Å². The van der Waals surface area contributed by atoms with E-state index in [4.69, 9.17) is 4.74 Å². The van der Waals surface area contributed by atoms with E-state index in [9.17, 15) is 13.2 Å². The van der Waals surface area contributed by atoms with Crippen molar-refractivity contribution in [3.63, 3.8) is 0 Å². The first-order valence-corrected chi connectivity index (χ1v) is 9.09. The highest BCUT2D eigenvalue weighted by molar-refractivity contribution is 9.09. The summed E-state index contributed by atoms with van der Waals surface area (Å²) in [6, 6.07) is -0.276. The molecule has 20 heavy (non-hydrogen) atoms. The standard InChI is InChI=1S/C9H13BrN4O4S2/c1-6(15)11-8-12-13-9(19-8)20(16,17)14-2-3-18-5-7(14)4-10/h7H,2-5H2,1H3,(H,11,12,15). The van der Waals surface area contributed by atoms with E-state index in [2.05, 4.69) is 31.4 Å². The summed E-state index contributed by atoms with van der Waals surface area (Å²) in [6.07, 6.45) is 0. The fraction of sp³-hybridized carbons (Fsp3) is 0.667. The molecule has 2 rings (SSSR count). The van der Waals surface area contributed by atoms with Crippen LogP contribution in [0.15, 0.2) is 4.34 Å². The number of halogens is 1. The number of amides is 1. The van der Waals surface area contributed by atoms with Gasteiger partial charge in [-0.05, 0) is 0 Å². The van der Waals surface area contributed by atoms with Crippen molar-refractivity contribution < 1.29 is 17.9 Å². The van der Waals surface area contributed by atoms with Crippen molar-refractivity contribution in [1.82, 2.24) is 14.5 Å². The molecule has 0 bridgehead atoms. The van der Waals surface area contributed by atoms with Crippen molar-refractivity contribution in [1.29, 1.82) is 0 Å². The van der Waals surface area contributed by atoms with Crippen molar-refractivity contribution in [3.8, 4) is 0 Å². The lowest BCUT2D eigenvalue weighted by Crippen LogP contribution is -2.49. The molecule has 1 amide bonds. The van der Waals surface area contributed by atoms with Gasteiger partial charge in [-0.1, -0.05) is 27.3 Å². The first-order chi connectivity index (χ1) is 9.45. The van der Waals surface area contributed by atoms with E-state index < -0.39 is 10.0 Å². The summed E-state index contributed by atoms with van der Waals surface area (Å²) in [5.74, 6) is -0.324. The highest BCUT2D eigenvalue weighted by Gasteiger charge is 2.36. The SMILES string of the molecule is CC(=O)Nc1nnc(S(=O)(=O)N2CCOCC2CBr)s1. The zero-order valence-electron chi connectivity index (χ0n) is 10.6. The van der Waals surface area contributed by atoms with Gasteiger partial charge >= 0.3 is 0 Å². The summed E-state index contributed by atoms with van der Waals surface area (Å²) in [4.78, 5) is 10.9. The number of rotatable bonds is 4. The molecule has 1 atom stereocenters. The molecular weight excluding hydrogens is 372 g/mol. The highest BCUT2D eigenvalue weighted by Crippen LogP contribution is 2.26. The fourth-order valence-electron chi connectivity index (χ4n) is 1.69. The number of sulfonamides is 1. The van der Waals surface area contributed by atoms with E-state index in [0.717, 1.165) is 11.3 Å². The third-order valence-electron chi connectivity index (χ3n) is 2.57. The summed E-state index contributed by atoms with van der Waals surface area (Å²) >= 11 is 4.11. The van der Waals surface area contributed by atoms with Crippen LogP contribution in [-0.2, 0) is 19.6 Å². The van der Waals surface area contributed by atoms with E-state index in [1.165, 1.54) is 11.2 Å². The van der Waals surface area contributed by atoms with E-state index in [0.29, 0.717) is 18.5 Å². The molecule has 0 aliphatic carbocycles. The van der Waals surface area contributed by atoms with Gasteiger partial charge in [-0.3, -0.25) is 4.79 Å². The van der Waals surface area contributed by atoms with Gasteiger partial charge in [0.05, 0.1) is 19.3 Å². The zero-order valence-corrected chi connectivity index (χ0v) is 13.8. The van der Waals surface area contributed by atoms with Crippen LogP contribution >= 0.6 is 27.3 Å². The molecule has 1 fully saturated rings. The van der Waals surface area contributed by atoms with Crippen molar-refractivity contribution in [3.05, 3.63) is 0 Å². The Bertz CT molecular complexity index is 591. The highest BCUT2D eigenvalue weighted by atomic mass is 79.9. The summed E-state index contributed by atoms with van der Waals surface area (Å²) in [5, 5.41) is 10.4. The molecule has 1 N–H and O–H groups in total. The van der Waals surface area contributed by atoms with Gasteiger partial charge in [-0.25, -0.2) is 8.42 Å². The Morgan fingerprint density at radius 3 is 3.00 bits per heavy atom. The predicted octanol–water partition coefficient (Wildman–Crippen LogP) is 0.281. The number of hydrogen-bond donors (Lipinski definition) is 1. The second-order valence-corrected chi connectivity index (χ2v) is 7.74. The van der Waals surface area contributed by atoms with Gasteiger partial charge in [-0.15, -0.1) is 10.2 Å². The molecule has 112 valence electrons. The molecule has 1 unspecified atom stereocenters. The minimum atomic E-state index is -3.72. The van der Waals surface area contributed by atoms with Crippen LogP contribution in [-0.4, -0.2) is 60.0 Å². The molecule has 1 aliphatic rings. The number of carbonyl (C=O) groups is 1. The summed E-state index contributed by atoms with van der Waals surface area (Å²) in [6.45, 7) is 2.27. The Morgan fingerprint density at radius 1 is 1.60 bits per heavy atom. The largest absolute Gasteiger partial charge is 0.378 e. The van der Waals surface area contributed by atoms with E-state index in [1.807, 2.05) is 0 Å². The third-order valence-corrected chi connectivity index (χ3v) is 6.45. The van der Waals surface area contributed by atoms with Gasteiger partial charge in [0.2, 0.25) is 15.4 Å². The lowest BCUT2D eigenvalue weighted by Gasteiger charge is -2.32. The predicted molar refractivity (Wildman–Crippen MR) is 76.5 cm³/mol. The zero-order chi connectivity index (χ0) is 14.8. The van der Waals surface area contributed by atoms with Crippen molar-refractivity contribution in [2.75, 3.05) is 30.4 Å². The van der Waals surface area contributed by atoms with E-state index >= 15 is 0 Å². The van der Waals surface area contributed by atoms with E-state index in [1.54, 1.807) is 0 Å². The molecular formula is C9H13BrN4O4S2. The second kappa shape index (κ2) is 6.43. The number of ether oxygens (including phenoxy) is 1. The first-order valence-electron chi connectivity index (χ1n) is 5.72. The molecule has 0 radical (unpaired) electrons. The monoisotopic (exact) mass is 384 g/mol. The Hall–Kier alpha value is -0.620. The molecule has 8 nitrogen and oxygen atoms in total. The maximum atomic E-state index is 12.5. The number of alkyl halides is 1. The molecule has 2 heterocycles. The topological polar surface area (TPSA) is 101 Å². The number of hydrogen-bond acceptors (Lipinski definition) is 7. The van der Waals surface area contributed by atoms with Gasteiger partial charge in [0.1, 0.15) is 0 Å². The molecule has 1 aromatic rings. The molecule has 1 saturated heterocycles. The molecule has 1 aliphatic heterocycles. The lowest BCUT2D eigenvalue weighted by molar-refractivity contribution is -0.114. The average molecular weight is 385 g/mol. The van der Waals surface area contributed by atoms with Crippen LogP contribution in [0.3, 0.4) is 0 Å². The number of morpholine rings is 1. The fourth-order valence-corrected chi connectivity index (χ4v) is 5.08. The first kappa shape index (κ1) is 15.8. The molecule has 11 heteroatoms. The summed E-state index contributed by atoms with van der Waals surface area (Å²) < 4.78 is 31.5. The van der Waals surface area contributed by atoms with Gasteiger partial charge < -0.3 is 10.1 Å². The Labute approximate surface area is 128 Å². The number of anilines is 1. The minimum Gasteiger partial charge on any atom is -0.378 e. The Morgan fingerprint density at radius 2 is 2.35 bits per heavy atom. The van der Waals surface area contributed by atoms with Crippen LogP contribution in [0.2, 0.25) is 0 Å². The second-order valence-electron chi connectivity index (χ2n) is 4.05. The van der Waals surface area contributed by atoms with E-state index in [-0.39, 0.29) is 28.0 Å². The molecule has 1 aromatic heterocycles. The smallest absolute Gasteiger partial charge is 0.272 e. The van der Waals surface area contributed by atoms with Gasteiger partial charge in [0.15, 0.2) is 0 Å². The maximum Gasteiger partial charge on any atom is 0.272 e. The number of aromatic nitrogens is 2. The van der Waals surface area contributed by atoms with Gasteiger partial charge in [-0.2, -0.15) is 4.31 Å². The number of carbonyl (C=O) groups excluding carboxylic acids is 1. The van der Waals surface area contributed by atoms with Gasteiger partial charge in [0, 0.05) is 18.8 Å². The molecule has 0 saturated carbocycles. The average Bonchev–Trinajstić information content (AvgIpc) is 2.87. The summed E-state index contributed by atoms with van der Waals surface area (Å²) in [5.41, 5.74) is 0. The Balaban J connectivity index is 2.24. The van der Waals surface area contributed by atoms with Crippen molar-refractivity contribution >= 4 is 48.3 Å². The van der Waals surface area contributed by atoms with Crippen LogP contribution in [0.4, 0.5) is 5.13 Å².